The smallest absolute Gasteiger partial charge is 0.341 e. The van der Waals surface area contributed by atoms with Crippen LogP contribution < -0.4 is 0 Å². The molecule has 0 saturated carbocycles. The Balaban J connectivity index is 3.18. The van der Waals surface area contributed by atoms with Gasteiger partial charge in [-0.1, -0.05) is 0 Å². The molecule has 1 rings (SSSR count). The summed E-state index contributed by atoms with van der Waals surface area (Å²) in [6.45, 7) is 3.50. The number of rotatable bonds is 5. The number of halogens is 1. The molecule has 0 unspecified atom stereocenters. The first-order valence-corrected chi connectivity index (χ1v) is 5.87. The zero-order chi connectivity index (χ0) is 15.3. The van der Waals surface area contributed by atoms with Crippen molar-refractivity contribution in [2.45, 2.75) is 19.9 Å². The second kappa shape index (κ2) is 6.60. The van der Waals surface area contributed by atoms with Gasteiger partial charge in [0.1, 0.15) is 17.1 Å². The highest BCUT2D eigenvalue weighted by Gasteiger charge is 2.17. The number of aliphatic carboxylic acids is 1. The van der Waals surface area contributed by atoms with Gasteiger partial charge < -0.3 is 10.2 Å². The Morgan fingerprint density at radius 3 is 2.30 bits per heavy atom. The molecule has 0 heterocycles. The van der Waals surface area contributed by atoms with Crippen molar-refractivity contribution >= 4 is 17.9 Å². The second-order valence-electron chi connectivity index (χ2n) is 4.32. The minimum atomic E-state index is -1.39. The number of aliphatic hydroxyl groups excluding tert-OH is 1. The molecule has 1 aromatic carbocycles. The number of carbonyl (C=O) groups is 1. The van der Waals surface area contributed by atoms with E-state index in [0.717, 1.165) is 18.3 Å². The molecule has 3 N–H and O–H groups in total. The lowest BCUT2D eigenvalue weighted by Crippen LogP contribution is -2.13. The standard InChI is InChI=1S/C14H15FN2O3/c1-8(2)17-7-11(14(19)20)13(18)12(16)9-3-5-10(15)6-4-9/h3-8,16,18H,1-2H3,(H,19,20). The Bertz CT molecular complexity index is 575. The Labute approximate surface area is 115 Å². The van der Waals surface area contributed by atoms with Crippen molar-refractivity contribution in [3.8, 4) is 0 Å². The van der Waals surface area contributed by atoms with Crippen LogP contribution >= 0.6 is 0 Å². The van der Waals surface area contributed by atoms with Crippen LogP contribution in [0.1, 0.15) is 19.4 Å². The van der Waals surface area contributed by atoms with Crippen LogP contribution in [0.4, 0.5) is 4.39 Å². The third-order valence-corrected chi connectivity index (χ3v) is 2.36. The fourth-order valence-corrected chi connectivity index (χ4v) is 1.33. The highest BCUT2D eigenvalue weighted by molar-refractivity contribution is 6.19. The van der Waals surface area contributed by atoms with Gasteiger partial charge in [0.05, 0.1) is 0 Å². The van der Waals surface area contributed by atoms with E-state index in [4.69, 9.17) is 10.5 Å². The molecule has 0 aliphatic carbocycles. The van der Waals surface area contributed by atoms with Gasteiger partial charge >= 0.3 is 5.97 Å². The van der Waals surface area contributed by atoms with Gasteiger partial charge in [0.25, 0.3) is 0 Å². The van der Waals surface area contributed by atoms with Crippen LogP contribution in [0.2, 0.25) is 0 Å². The summed E-state index contributed by atoms with van der Waals surface area (Å²) in [7, 11) is 0. The van der Waals surface area contributed by atoms with E-state index in [-0.39, 0.29) is 11.6 Å². The summed E-state index contributed by atoms with van der Waals surface area (Å²) in [5.41, 5.74) is -0.675. The van der Waals surface area contributed by atoms with Crippen LogP contribution in [0.5, 0.6) is 0 Å². The molecule has 0 spiro atoms. The number of allylic oxidation sites excluding steroid dienone is 1. The van der Waals surface area contributed by atoms with E-state index in [1.807, 2.05) is 0 Å². The zero-order valence-electron chi connectivity index (χ0n) is 11.1. The lowest BCUT2D eigenvalue weighted by atomic mass is 10.1. The van der Waals surface area contributed by atoms with E-state index >= 15 is 0 Å². The predicted molar refractivity (Wildman–Crippen MR) is 74.1 cm³/mol. The molecular weight excluding hydrogens is 263 g/mol. The van der Waals surface area contributed by atoms with Crippen molar-refractivity contribution in [3.05, 3.63) is 47.0 Å². The van der Waals surface area contributed by atoms with Gasteiger partial charge in [0.2, 0.25) is 0 Å². The predicted octanol–water partition coefficient (Wildman–Crippen LogP) is 2.57. The number of carboxylic acids is 1. The molecule has 1 aromatic rings. The highest BCUT2D eigenvalue weighted by Crippen LogP contribution is 2.11. The Kier molecular flexibility index (Phi) is 5.14. The number of hydrogen-bond acceptors (Lipinski definition) is 4. The van der Waals surface area contributed by atoms with Crippen LogP contribution in [0.25, 0.3) is 0 Å². The first kappa shape index (κ1) is 15.6. The van der Waals surface area contributed by atoms with Crippen molar-refractivity contribution in [2.24, 2.45) is 4.99 Å². The number of benzene rings is 1. The molecule has 0 amide bonds. The van der Waals surface area contributed by atoms with E-state index in [9.17, 15) is 14.3 Å². The van der Waals surface area contributed by atoms with Crippen molar-refractivity contribution in [1.82, 2.24) is 0 Å². The fraction of sp³-hybridized carbons (Fsp3) is 0.214. The van der Waals surface area contributed by atoms with Gasteiger partial charge in [0.15, 0.2) is 5.76 Å². The number of aliphatic imine (C=N–C) groups is 1. The number of carboxylic acid groups (broad SMARTS) is 1. The molecule has 0 radical (unpaired) electrons. The number of nitrogens with one attached hydrogen (secondary N) is 1. The Morgan fingerprint density at radius 2 is 1.85 bits per heavy atom. The molecule has 0 aliphatic rings. The highest BCUT2D eigenvalue weighted by atomic mass is 19.1. The van der Waals surface area contributed by atoms with Crippen molar-refractivity contribution in [3.63, 3.8) is 0 Å². The molecule has 0 aromatic heterocycles. The van der Waals surface area contributed by atoms with Gasteiger partial charge in [-0.25, -0.2) is 9.18 Å². The van der Waals surface area contributed by atoms with E-state index in [2.05, 4.69) is 4.99 Å². The normalized spacial score (nSPS) is 12.6. The van der Waals surface area contributed by atoms with E-state index in [1.54, 1.807) is 13.8 Å². The minimum absolute atomic E-state index is 0.142. The summed E-state index contributed by atoms with van der Waals surface area (Å²) in [6, 6.07) is 4.68. The van der Waals surface area contributed by atoms with Crippen molar-refractivity contribution in [2.75, 3.05) is 0 Å². The maximum atomic E-state index is 12.8. The van der Waals surface area contributed by atoms with Gasteiger partial charge in [-0.3, -0.25) is 10.4 Å². The topological polar surface area (TPSA) is 93.7 Å². The average Bonchev–Trinajstić information content (AvgIpc) is 2.38. The summed E-state index contributed by atoms with van der Waals surface area (Å²) >= 11 is 0. The van der Waals surface area contributed by atoms with Crippen LogP contribution in [-0.2, 0) is 4.79 Å². The van der Waals surface area contributed by atoms with E-state index in [0.29, 0.717) is 0 Å². The molecule has 0 aliphatic heterocycles. The first-order valence-electron chi connectivity index (χ1n) is 5.87. The zero-order valence-corrected chi connectivity index (χ0v) is 11.1. The monoisotopic (exact) mass is 278 g/mol. The molecule has 0 bridgehead atoms. The molecule has 20 heavy (non-hydrogen) atoms. The molecule has 0 atom stereocenters. The Hall–Kier alpha value is -2.50. The average molecular weight is 278 g/mol. The van der Waals surface area contributed by atoms with Crippen LogP contribution in [-0.4, -0.2) is 34.2 Å². The maximum absolute atomic E-state index is 12.8. The first-order chi connectivity index (χ1) is 9.32. The van der Waals surface area contributed by atoms with E-state index in [1.165, 1.54) is 12.1 Å². The lowest BCUT2D eigenvalue weighted by molar-refractivity contribution is -0.132. The molecule has 0 fully saturated rings. The van der Waals surface area contributed by atoms with E-state index < -0.39 is 28.8 Å². The summed E-state index contributed by atoms with van der Waals surface area (Å²) in [5, 5.41) is 26.7. The summed E-state index contributed by atoms with van der Waals surface area (Å²) < 4.78 is 12.8. The van der Waals surface area contributed by atoms with Gasteiger partial charge in [-0.2, -0.15) is 0 Å². The Morgan fingerprint density at radius 1 is 1.30 bits per heavy atom. The largest absolute Gasteiger partial charge is 0.505 e. The minimum Gasteiger partial charge on any atom is -0.505 e. The third kappa shape index (κ3) is 4.01. The maximum Gasteiger partial charge on any atom is 0.341 e. The molecule has 5 nitrogen and oxygen atoms in total. The lowest BCUT2D eigenvalue weighted by Gasteiger charge is -2.06. The fourth-order valence-electron chi connectivity index (χ4n) is 1.33. The molecule has 0 saturated heterocycles. The third-order valence-electron chi connectivity index (χ3n) is 2.36. The van der Waals surface area contributed by atoms with Crippen molar-refractivity contribution in [1.29, 1.82) is 5.41 Å². The van der Waals surface area contributed by atoms with Crippen molar-refractivity contribution < 1.29 is 19.4 Å². The molecule has 106 valence electrons. The van der Waals surface area contributed by atoms with Gasteiger partial charge in [-0.15, -0.1) is 0 Å². The quantitative estimate of drug-likeness (QED) is 0.439. The molecule has 6 heteroatoms. The SMILES string of the molecule is CC(C)N=CC(C(=O)O)=C(O)C(=N)c1ccc(F)cc1. The summed E-state index contributed by atoms with van der Waals surface area (Å²) in [5.74, 6) is -2.59. The molecular formula is C14H15FN2O3. The van der Waals surface area contributed by atoms with Gasteiger partial charge in [-0.05, 0) is 38.1 Å². The summed E-state index contributed by atoms with van der Waals surface area (Å²) in [6.07, 6.45) is 1.01. The number of aliphatic hydroxyl groups is 1. The number of hydrogen-bond donors (Lipinski definition) is 3. The van der Waals surface area contributed by atoms with Crippen LogP contribution in [0.3, 0.4) is 0 Å². The number of nitrogens with zero attached hydrogens (tertiary/aromatic N) is 1. The van der Waals surface area contributed by atoms with Crippen LogP contribution in [0.15, 0.2) is 40.6 Å². The van der Waals surface area contributed by atoms with Crippen LogP contribution in [0, 0.1) is 11.2 Å². The summed E-state index contributed by atoms with van der Waals surface area (Å²) in [4.78, 5) is 15.0. The second-order valence-corrected chi connectivity index (χ2v) is 4.32. The van der Waals surface area contributed by atoms with Gasteiger partial charge in [0, 0.05) is 17.8 Å².